The zero-order chi connectivity index (χ0) is 12.0. The van der Waals surface area contributed by atoms with Gasteiger partial charge < -0.3 is 15.3 Å². The number of carboxylic acids is 1. The second-order valence-electron chi connectivity index (χ2n) is 3.91. The Kier molecular flexibility index (Phi) is 4.98. The van der Waals surface area contributed by atoms with Crippen LogP contribution in [0.4, 0.5) is 0 Å². The minimum absolute atomic E-state index is 0.0330. The fourth-order valence-electron chi connectivity index (χ4n) is 1.77. The van der Waals surface area contributed by atoms with Crippen LogP contribution in [0, 0.1) is 5.92 Å². The van der Waals surface area contributed by atoms with E-state index in [0.717, 1.165) is 0 Å². The first kappa shape index (κ1) is 12.7. The largest absolute Gasteiger partial charge is 0.481 e. The molecule has 0 aliphatic carbocycles. The lowest BCUT2D eigenvalue weighted by Gasteiger charge is -2.30. The molecule has 0 unspecified atom stereocenters. The maximum Gasteiger partial charge on any atom is 0.306 e. The second kappa shape index (κ2) is 6.27. The van der Waals surface area contributed by atoms with Gasteiger partial charge in [0.25, 0.3) is 0 Å². The summed E-state index contributed by atoms with van der Waals surface area (Å²) < 4.78 is 0. The van der Waals surface area contributed by atoms with Gasteiger partial charge in [-0.1, -0.05) is 6.08 Å². The third-order valence-corrected chi connectivity index (χ3v) is 2.76. The molecule has 5 nitrogen and oxygen atoms in total. The number of likely N-dealkylation sites (tertiary alicyclic amines) is 1. The average molecular weight is 226 g/mol. The third-order valence-electron chi connectivity index (χ3n) is 2.76. The molecule has 0 saturated carbocycles. The number of carboxylic acid groups (broad SMARTS) is 1. The van der Waals surface area contributed by atoms with E-state index in [1.54, 1.807) is 11.0 Å². The first-order chi connectivity index (χ1) is 7.65. The van der Waals surface area contributed by atoms with Crippen molar-refractivity contribution < 1.29 is 14.7 Å². The van der Waals surface area contributed by atoms with E-state index in [0.29, 0.717) is 39.0 Å². The summed E-state index contributed by atoms with van der Waals surface area (Å²) in [6.07, 6.45) is 2.81. The minimum atomic E-state index is -0.753. The van der Waals surface area contributed by atoms with Crippen molar-refractivity contribution in [2.24, 2.45) is 5.92 Å². The Morgan fingerprint density at radius 1 is 1.44 bits per heavy atom. The fraction of sp³-hybridized carbons (Fsp3) is 0.636. The second-order valence-corrected chi connectivity index (χ2v) is 3.91. The zero-order valence-electron chi connectivity index (χ0n) is 9.32. The number of hydrogen-bond acceptors (Lipinski definition) is 3. The average Bonchev–Trinajstić information content (AvgIpc) is 2.29. The molecule has 1 heterocycles. The molecule has 1 aliphatic rings. The summed E-state index contributed by atoms with van der Waals surface area (Å²) in [5.41, 5.74) is 0. The van der Waals surface area contributed by atoms with Gasteiger partial charge in [0.2, 0.25) is 5.91 Å². The van der Waals surface area contributed by atoms with Crippen molar-refractivity contribution in [3.05, 3.63) is 12.7 Å². The quantitative estimate of drug-likeness (QED) is 0.515. The number of piperidine rings is 1. The number of carbonyl (C=O) groups is 2. The molecule has 5 heteroatoms. The molecule has 1 aliphatic heterocycles. The van der Waals surface area contributed by atoms with Crippen molar-refractivity contribution in [1.82, 2.24) is 10.2 Å². The maximum absolute atomic E-state index is 11.6. The summed E-state index contributed by atoms with van der Waals surface area (Å²) in [5.74, 6) is -1.01. The number of nitrogens with zero attached hydrogens (tertiary/aromatic N) is 1. The van der Waals surface area contributed by atoms with Gasteiger partial charge in [0.1, 0.15) is 0 Å². The number of aliphatic carboxylic acids is 1. The fourth-order valence-corrected chi connectivity index (χ4v) is 1.77. The minimum Gasteiger partial charge on any atom is -0.481 e. The first-order valence-corrected chi connectivity index (χ1v) is 5.47. The van der Waals surface area contributed by atoms with Gasteiger partial charge >= 0.3 is 5.97 Å². The van der Waals surface area contributed by atoms with E-state index in [4.69, 9.17) is 5.11 Å². The molecule has 90 valence electrons. The van der Waals surface area contributed by atoms with Crippen LogP contribution < -0.4 is 5.32 Å². The van der Waals surface area contributed by atoms with E-state index in [1.807, 2.05) is 0 Å². The number of rotatable bonds is 5. The molecule has 16 heavy (non-hydrogen) atoms. The molecule has 0 bridgehead atoms. The molecular formula is C11H18N2O3. The summed E-state index contributed by atoms with van der Waals surface area (Å²) in [5, 5.41) is 11.8. The number of carbonyl (C=O) groups excluding carboxylic acids is 1. The van der Waals surface area contributed by atoms with Crippen molar-refractivity contribution in [1.29, 1.82) is 0 Å². The first-order valence-electron chi connectivity index (χ1n) is 5.47. The van der Waals surface area contributed by atoms with Crippen LogP contribution in [0.5, 0.6) is 0 Å². The number of hydrogen-bond donors (Lipinski definition) is 2. The van der Waals surface area contributed by atoms with Crippen LogP contribution in [0.1, 0.15) is 12.8 Å². The summed E-state index contributed by atoms with van der Waals surface area (Å²) in [4.78, 5) is 24.1. The van der Waals surface area contributed by atoms with Crippen LogP contribution in [0.15, 0.2) is 12.7 Å². The predicted octanol–water partition coefficient (Wildman–Crippen LogP) is 0.0852. The van der Waals surface area contributed by atoms with Gasteiger partial charge in [-0.2, -0.15) is 0 Å². The zero-order valence-corrected chi connectivity index (χ0v) is 9.32. The molecule has 1 saturated heterocycles. The van der Waals surface area contributed by atoms with Crippen LogP contribution in [0.2, 0.25) is 0 Å². The van der Waals surface area contributed by atoms with Crippen LogP contribution in [-0.4, -0.2) is 48.1 Å². The molecule has 0 aromatic carbocycles. The van der Waals surface area contributed by atoms with Crippen LogP contribution in [-0.2, 0) is 9.59 Å². The predicted molar refractivity (Wildman–Crippen MR) is 60.0 cm³/mol. The van der Waals surface area contributed by atoms with Gasteiger partial charge in [-0.15, -0.1) is 6.58 Å². The Balaban J connectivity index is 2.27. The topological polar surface area (TPSA) is 69.6 Å². The third kappa shape index (κ3) is 3.66. The smallest absolute Gasteiger partial charge is 0.306 e. The number of amides is 1. The molecule has 2 N–H and O–H groups in total. The molecule has 0 aromatic rings. The number of nitrogens with one attached hydrogen (secondary N) is 1. The van der Waals surface area contributed by atoms with E-state index < -0.39 is 5.97 Å². The Morgan fingerprint density at radius 2 is 2.06 bits per heavy atom. The summed E-state index contributed by atoms with van der Waals surface area (Å²) in [6, 6.07) is 0. The van der Waals surface area contributed by atoms with Gasteiger partial charge in [-0.05, 0) is 12.8 Å². The molecule has 1 fully saturated rings. The van der Waals surface area contributed by atoms with Gasteiger partial charge in [0.05, 0.1) is 12.5 Å². The standard InChI is InChI=1S/C11H18N2O3/c1-2-5-12-8-10(14)13-6-3-9(4-7-13)11(15)16/h2,9,12H,1,3-8H2,(H,15,16). The van der Waals surface area contributed by atoms with Crippen molar-refractivity contribution in [3.63, 3.8) is 0 Å². The molecule has 1 rings (SSSR count). The van der Waals surface area contributed by atoms with E-state index in [-0.39, 0.29) is 11.8 Å². The molecular weight excluding hydrogens is 208 g/mol. The van der Waals surface area contributed by atoms with Crippen LogP contribution >= 0.6 is 0 Å². The van der Waals surface area contributed by atoms with Gasteiger partial charge in [-0.3, -0.25) is 9.59 Å². The Hall–Kier alpha value is -1.36. The van der Waals surface area contributed by atoms with Crippen molar-refractivity contribution in [2.45, 2.75) is 12.8 Å². The maximum atomic E-state index is 11.6. The van der Waals surface area contributed by atoms with Crippen LogP contribution in [0.25, 0.3) is 0 Å². The monoisotopic (exact) mass is 226 g/mol. The van der Waals surface area contributed by atoms with E-state index >= 15 is 0 Å². The van der Waals surface area contributed by atoms with Crippen molar-refractivity contribution >= 4 is 11.9 Å². The molecule has 0 atom stereocenters. The highest BCUT2D eigenvalue weighted by molar-refractivity contribution is 5.78. The summed E-state index contributed by atoms with van der Waals surface area (Å²) >= 11 is 0. The van der Waals surface area contributed by atoms with Gasteiger partial charge in [0, 0.05) is 19.6 Å². The Bertz CT molecular complexity index is 270. The SMILES string of the molecule is C=CCNCC(=O)N1CCC(C(=O)O)CC1. The van der Waals surface area contributed by atoms with Crippen LogP contribution in [0.3, 0.4) is 0 Å². The highest BCUT2D eigenvalue weighted by Crippen LogP contribution is 2.16. The molecule has 0 spiro atoms. The lowest BCUT2D eigenvalue weighted by Crippen LogP contribution is -2.44. The lowest BCUT2D eigenvalue weighted by molar-refractivity contribution is -0.145. The Morgan fingerprint density at radius 3 is 2.56 bits per heavy atom. The van der Waals surface area contributed by atoms with E-state index in [2.05, 4.69) is 11.9 Å². The van der Waals surface area contributed by atoms with E-state index in [1.165, 1.54) is 0 Å². The van der Waals surface area contributed by atoms with E-state index in [9.17, 15) is 9.59 Å². The molecule has 1 amide bonds. The summed E-state index contributed by atoms with van der Waals surface area (Å²) in [7, 11) is 0. The summed E-state index contributed by atoms with van der Waals surface area (Å²) in [6.45, 7) is 5.54. The molecule has 0 radical (unpaired) electrons. The van der Waals surface area contributed by atoms with Crippen molar-refractivity contribution in [2.75, 3.05) is 26.2 Å². The van der Waals surface area contributed by atoms with Gasteiger partial charge in [0.15, 0.2) is 0 Å². The van der Waals surface area contributed by atoms with Gasteiger partial charge in [-0.25, -0.2) is 0 Å². The normalized spacial score (nSPS) is 17.1. The highest BCUT2D eigenvalue weighted by Gasteiger charge is 2.26. The Labute approximate surface area is 95.1 Å². The van der Waals surface area contributed by atoms with Crippen molar-refractivity contribution in [3.8, 4) is 0 Å². The highest BCUT2D eigenvalue weighted by atomic mass is 16.4. The molecule has 0 aromatic heterocycles. The lowest BCUT2D eigenvalue weighted by atomic mass is 9.97.